The van der Waals surface area contributed by atoms with Gasteiger partial charge in [0, 0.05) is 5.88 Å². The van der Waals surface area contributed by atoms with Gasteiger partial charge in [-0.1, -0.05) is 12.1 Å². The molecule has 2 nitrogen and oxygen atoms in total. The lowest BCUT2D eigenvalue weighted by molar-refractivity contribution is 1.32. The quantitative estimate of drug-likeness (QED) is 0.616. The topological polar surface area (TPSA) is 47.6 Å². The number of hydrogen-bond donors (Lipinski definition) is 0. The molecule has 12 heavy (non-hydrogen) atoms. The molecule has 0 aliphatic carbocycles. The molecule has 0 spiro atoms. The van der Waals surface area contributed by atoms with E-state index in [4.69, 9.17) is 22.1 Å². The van der Waals surface area contributed by atoms with E-state index in [1.54, 1.807) is 18.2 Å². The predicted molar refractivity (Wildman–Crippen MR) is 45.4 cm³/mol. The van der Waals surface area contributed by atoms with Crippen LogP contribution in [0.25, 0.3) is 0 Å². The standard InChI is InChI=1S/C9H5ClN2/c10-4-7-2-1-3-8(5-11)9(7)6-12/h1-3H,4H2. The van der Waals surface area contributed by atoms with E-state index in [2.05, 4.69) is 0 Å². The van der Waals surface area contributed by atoms with Gasteiger partial charge in [0.1, 0.15) is 12.1 Å². The number of nitriles is 2. The number of benzene rings is 1. The number of rotatable bonds is 1. The Morgan fingerprint density at radius 1 is 1.25 bits per heavy atom. The highest BCUT2D eigenvalue weighted by Gasteiger charge is 2.05. The summed E-state index contributed by atoms with van der Waals surface area (Å²) in [6.45, 7) is 0. The van der Waals surface area contributed by atoms with Crippen LogP contribution in [0.5, 0.6) is 0 Å². The molecule has 0 amide bonds. The number of nitrogens with zero attached hydrogens (tertiary/aromatic N) is 2. The lowest BCUT2D eigenvalue weighted by atomic mass is 10.0. The molecule has 0 atom stereocenters. The highest BCUT2D eigenvalue weighted by Crippen LogP contribution is 2.14. The molecule has 1 aromatic carbocycles. The van der Waals surface area contributed by atoms with Gasteiger partial charge in [-0.3, -0.25) is 0 Å². The van der Waals surface area contributed by atoms with Crippen LogP contribution < -0.4 is 0 Å². The van der Waals surface area contributed by atoms with E-state index >= 15 is 0 Å². The maximum atomic E-state index is 8.70. The van der Waals surface area contributed by atoms with Crippen molar-refractivity contribution in [3.05, 3.63) is 34.9 Å². The molecule has 0 fully saturated rings. The largest absolute Gasteiger partial charge is 0.192 e. The molecular formula is C9H5ClN2. The molecule has 0 heterocycles. The maximum absolute atomic E-state index is 8.70. The third-order valence-corrected chi connectivity index (χ3v) is 1.81. The second kappa shape index (κ2) is 3.76. The SMILES string of the molecule is N#Cc1cccc(CCl)c1C#N. The molecule has 0 bridgehead atoms. The molecule has 0 aliphatic rings. The Morgan fingerprint density at radius 2 is 2.00 bits per heavy atom. The minimum absolute atomic E-state index is 0.262. The summed E-state index contributed by atoms with van der Waals surface area (Å²) in [5.41, 5.74) is 1.48. The van der Waals surface area contributed by atoms with Crippen molar-refractivity contribution in [2.75, 3.05) is 0 Å². The van der Waals surface area contributed by atoms with Crippen molar-refractivity contribution in [2.45, 2.75) is 5.88 Å². The fourth-order valence-electron chi connectivity index (χ4n) is 0.937. The summed E-state index contributed by atoms with van der Waals surface area (Å²) in [5, 5.41) is 17.3. The van der Waals surface area contributed by atoms with Gasteiger partial charge in [-0.2, -0.15) is 10.5 Å². The first kappa shape index (κ1) is 8.59. The zero-order valence-corrected chi connectivity index (χ0v) is 6.97. The Morgan fingerprint density at radius 3 is 2.50 bits per heavy atom. The lowest BCUT2D eigenvalue weighted by Crippen LogP contribution is -1.89. The van der Waals surface area contributed by atoms with E-state index in [0.29, 0.717) is 16.7 Å². The fourth-order valence-corrected chi connectivity index (χ4v) is 1.16. The molecule has 0 unspecified atom stereocenters. The average molecular weight is 177 g/mol. The zero-order chi connectivity index (χ0) is 8.97. The monoisotopic (exact) mass is 176 g/mol. The third kappa shape index (κ3) is 1.39. The molecule has 0 N–H and O–H groups in total. The van der Waals surface area contributed by atoms with Crippen molar-refractivity contribution in [1.82, 2.24) is 0 Å². The van der Waals surface area contributed by atoms with E-state index in [9.17, 15) is 0 Å². The summed E-state index contributed by atoms with van der Waals surface area (Å²) >= 11 is 5.58. The van der Waals surface area contributed by atoms with Gasteiger partial charge in [0.15, 0.2) is 0 Å². The van der Waals surface area contributed by atoms with E-state index in [1.807, 2.05) is 12.1 Å². The Kier molecular flexibility index (Phi) is 2.69. The first-order chi connectivity index (χ1) is 5.83. The highest BCUT2D eigenvalue weighted by molar-refractivity contribution is 6.17. The van der Waals surface area contributed by atoms with Crippen molar-refractivity contribution in [2.24, 2.45) is 0 Å². The molecule has 0 saturated carbocycles. The van der Waals surface area contributed by atoms with Gasteiger partial charge in [-0.15, -0.1) is 11.6 Å². The minimum Gasteiger partial charge on any atom is -0.192 e. The zero-order valence-electron chi connectivity index (χ0n) is 6.21. The fraction of sp³-hybridized carbons (Fsp3) is 0.111. The molecule has 0 radical (unpaired) electrons. The second-order valence-electron chi connectivity index (χ2n) is 2.20. The van der Waals surface area contributed by atoms with Crippen LogP contribution in [-0.4, -0.2) is 0 Å². The summed E-state index contributed by atoms with van der Waals surface area (Å²) in [6, 6.07) is 8.97. The summed E-state index contributed by atoms with van der Waals surface area (Å²) in [4.78, 5) is 0. The van der Waals surface area contributed by atoms with Gasteiger partial charge in [-0.25, -0.2) is 0 Å². The Bertz CT molecular complexity index is 371. The normalized spacial score (nSPS) is 8.58. The van der Waals surface area contributed by atoms with Crippen LogP contribution in [-0.2, 0) is 5.88 Å². The van der Waals surface area contributed by atoms with Crippen LogP contribution in [0.2, 0.25) is 0 Å². The number of hydrogen-bond acceptors (Lipinski definition) is 2. The average Bonchev–Trinajstić information content (AvgIpc) is 2.16. The summed E-state index contributed by atoms with van der Waals surface area (Å²) in [6.07, 6.45) is 0. The van der Waals surface area contributed by atoms with Crippen molar-refractivity contribution in [1.29, 1.82) is 10.5 Å². The smallest absolute Gasteiger partial charge is 0.101 e. The van der Waals surface area contributed by atoms with Gasteiger partial charge in [0.05, 0.1) is 11.1 Å². The van der Waals surface area contributed by atoms with Crippen molar-refractivity contribution >= 4 is 11.6 Å². The maximum Gasteiger partial charge on any atom is 0.101 e. The van der Waals surface area contributed by atoms with Gasteiger partial charge < -0.3 is 0 Å². The molecule has 3 heteroatoms. The van der Waals surface area contributed by atoms with Crippen LogP contribution in [0.3, 0.4) is 0 Å². The predicted octanol–water partition coefficient (Wildman–Crippen LogP) is 2.17. The molecule has 0 aliphatic heterocycles. The number of halogens is 1. The van der Waals surface area contributed by atoms with E-state index in [1.165, 1.54) is 0 Å². The first-order valence-electron chi connectivity index (χ1n) is 3.31. The minimum atomic E-state index is 0.262. The van der Waals surface area contributed by atoms with Crippen LogP contribution in [0, 0.1) is 22.7 Å². The van der Waals surface area contributed by atoms with E-state index in [-0.39, 0.29) is 5.88 Å². The summed E-state index contributed by atoms with van der Waals surface area (Å²) in [5.74, 6) is 0.262. The lowest BCUT2D eigenvalue weighted by Gasteiger charge is -1.98. The van der Waals surface area contributed by atoms with Crippen LogP contribution in [0.4, 0.5) is 0 Å². The summed E-state index contributed by atoms with van der Waals surface area (Å²) in [7, 11) is 0. The Labute approximate surface area is 75.6 Å². The van der Waals surface area contributed by atoms with Crippen LogP contribution >= 0.6 is 11.6 Å². The van der Waals surface area contributed by atoms with Gasteiger partial charge >= 0.3 is 0 Å². The van der Waals surface area contributed by atoms with Gasteiger partial charge in [0.25, 0.3) is 0 Å². The van der Waals surface area contributed by atoms with Crippen LogP contribution in [0.1, 0.15) is 16.7 Å². The molecule has 0 saturated heterocycles. The van der Waals surface area contributed by atoms with Crippen molar-refractivity contribution in [3.8, 4) is 12.1 Å². The molecule has 0 aromatic heterocycles. The molecule has 1 aromatic rings. The van der Waals surface area contributed by atoms with Gasteiger partial charge in [-0.05, 0) is 11.6 Å². The molecule has 58 valence electrons. The third-order valence-electron chi connectivity index (χ3n) is 1.53. The van der Waals surface area contributed by atoms with E-state index < -0.39 is 0 Å². The van der Waals surface area contributed by atoms with Crippen molar-refractivity contribution < 1.29 is 0 Å². The number of alkyl halides is 1. The molecule has 1 rings (SSSR count). The Balaban J connectivity index is 3.37. The summed E-state index contributed by atoms with van der Waals surface area (Å²) < 4.78 is 0. The first-order valence-corrected chi connectivity index (χ1v) is 3.85. The van der Waals surface area contributed by atoms with Crippen LogP contribution in [0.15, 0.2) is 18.2 Å². The van der Waals surface area contributed by atoms with E-state index in [0.717, 1.165) is 0 Å². The highest BCUT2D eigenvalue weighted by atomic mass is 35.5. The second-order valence-corrected chi connectivity index (χ2v) is 2.46. The molecular weight excluding hydrogens is 172 g/mol. The van der Waals surface area contributed by atoms with Gasteiger partial charge in [0.2, 0.25) is 0 Å². The Hall–Kier alpha value is -1.51. The van der Waals surface area contributed by atoms with Crippen molar-refractivity contribution in [3.63, 3.8) is 0 Å².